The SMILES string of the molecule is CC(C)(C)OC(=O)NC1CCCC12C(=O)NC(=O)NC2=O. The lowest BCUT2D eigenvalue weighted by Crippen LogP contribution is -2.67. The van der Waals surface area contributed by atoms with Crippen molar-refractivity contribution in [2.45, 2.75) is 51.7 Å². The fourth-order valence-corrected chi connectivity index (χ4v) is 2.76. The van der Waals surface area contributed by atoms with Gasteiger partial charge in [-0.2, -0.15) is 0 Å². The number of hydrogen-bond donors (Lipinski definition) is 3. The number of carbonyl (C=O) groups is 4. The van der Waals surface area contributed by atoms with Crippen LogP contribution in [0.5, 0.6) is 0 Å². The molecule has 0 bridgehead atoms. The van der Waals surface area contributed by atoms with Crippen LogP contribution in [0.4, 0.5) is 9.59 Å². The third-order valence-electron chi connectivity index (χ3n) is 3.61. The molecule has 1 saturated heterocycles. The number of alkyl carbamates (subject to hydrolysis) is 1. The van der Waals surface area contributed by atoms with E-state index >= 15 is 0 Å². The lowest BCUT2D eigenvalue weighted by atomic mass is 9.79. The molecule has 2 fully saturated rings. The van der Waals surface area contributed by atoms with Crippen molar-refractivity contribution in [2.75, 3.05) is 0 Å². The Morgan fingerprint density at radius 1 is 1.24 bits per heavy atom. The molecule has 0 aromatic rings. The third-order valence-corrected chi connectivity index (χ3v) is 3.61. The van der Waals surface area contributed by atoms with Gasteiger partial charge in [0.1, 0.15) is 11.0 Å². The molecule has 1 spiro atoms. The second-order valence-electron chi connectivity index (χ2n) is 6.30. The van der Waals surface area contributed by atoms with Crippen LogP contribution < -0.4 is 16.0 Å². The van der Waals surface area contributed by atoms with Gasteiger partial charge in [-0.25, -0.2) is 9.59 Å². The van der Waals surface area contributed by atoms with E-state index in [2.05, 4.69) is 16.0 Å². The normalized spacial score (nSPS) is 24.5. The molecule has 0 aromatic carbocycles. The molecule has 1 heterocycles. The first-order valence-corrected chi connectivity index (χ1v) is 6.81. The first-order valence-electron chi connectivity index (χ1n) is 6.81. The molecule has 21 heavy (non-hydrogen) atoms. The van der Waals surface area contributed by atoms with Crippen molar-refractivity contribution in [3.05, 3.63) is 0 Å². The van der Waals surface area contributed by atoms with E-state index in [9.17, 15) is 19.2 Å². The average molecular weight is 297 g/mol. The number of carbonyl (C=O) groups excluding carboxylic acids is 4. The van der Waals surface area contributed by atoms with E-state index in [0.29, 0.717) is 12.8 Å². The van der Waals surface area contributed by atoms with Crippen molar-refractivity contribution < 1.29 is 23.9 Å². The highest BCUT2D eigenvalue weighted by atomic mass is 16.6. The van der Waals surface area contributed by atoms with Crippen molar-refractivity contribution in [3.8, 4) is 0 Å². The van der Waals surface area contributed by atoms with E-state index in [0.717, 1.165) is 0 Å². The minimum Gasteiger partial charge on any atom is -0.444 e. The molecule has 2 rings (SSSR count). The van der Waals surface area contributed by atoms with Crippen LogP contribution in [0.3, 0.4) is 0 Å². The molecule has 5 amide bonds. The molecule has 8 nitrogen and oxygen atoms in total. The van der Waals surface area contributed by atoms with Crippen LogP contribution in [0.1, 0.15) is 40.0 Å². The van der Waals surface area contributed by atoms with Gasteiger partial charge in [-0.3, -0.25) is 20.2 Å². The van der Waals surface area contributed by atoms with Gasteiger partial charge in [0.15, 0.2) is 0 Å². The summed E-state index contributed by atoms with van der Waals surface area (Å²) >= 11 is 0. The van der Waals surface area contributed by atoms with E-state index in [1.807, 2.05) is 0 Å². The standard InChI is InChI=1S/C13H19N3O5/c1-12(2,3)21-11(20)14-7-5-4-6-13(7)8(17)15-10(19)16-9(13)18/h7H,4-6H2,1-3H3,(H,14,20)(H2,15,16,17,18,19). The zero-order chi connectivity index (χ0) is 15.8. The zero-order valence-corrected chi connectivity index (χ0v) is 12.2. The van der Waals surface area contributed by atoms with Crippen LogP contribution in [-0.4, -0.2) is 35.6 Å². The van der Waals surface area contributed by atoms with Crippen LogP contribution in [0.15, 0.2) is 0 Å². The number of imide groups is 2. The monoisotopic (exact) mass is 297 g/mol. The predicted octanol–water partition coefficient (Wildman–Crippen LogP) is 0.416. The lowest BCUT2D eigenvalue weighted by Gasteiger charge is -2.35. The number of ether oxygens (including phenoxy) is 1. The number of barbiturate groups is 1. The van der Waals surface area contributed by atoms with E-state index in [1.54, 1.807) is 20.8 Å². The van der Waals surface area contributed by atoms with Gasteiger partial charge in [0.25, 0.3) is 0 Å². The second kappa shape index (κ2) is 5.01. The fourth-order valence-electron chi connectivity index (χ4n) is 2.76. The van der Waals surface area contributed by atoms with Gasteiger partial charge in [-0.1, -0.05) is 0 Å². The first-order chi connectivity index (χ1) is 9.65. The summed E-state index contributed by atoms with van der Waals surface area (Å²) in [6, 6.07) is -1.53. The Hall–Kier alpha value is -2.12. The van der Waals surface area contributed by atoms with Crippen LogP contribution in [0.2, 0.25) is 0 Å². The number of rotatable bonds is 1. The molecule has 1 atom stereocenters. The topological polar surface area (TPSA) is 114 Å². The molecule has 2 aliphatic rings. The lowest BCUT2D eigenvalue weighted by molar-refractivity contribution is -0.145. The molecule has 1 aliphatic heterocycles. The van der Waals surface area contributed by atoms with Crippen molar-refractivity contribution in [1.29, 1.82) is 0 Å². The van der Waals surface area contributed by atoms with Gasteiger partial charge in [-0.05, 0) is 40.0 Å². The fraction of sp³-hybridized carbons (Fsp3) is 0.692. The summed E-state index contributed by atoms with van der Waals surface area (Å²) in [4.78, 5) is 47.3. The van der Waals surface area contributed by atoms with E-state index in [4.69, 9.17) is 4.74 Å². The minimum absolute atomic E-state index is 0.276. The molecule has 116 valence electrons. The Balaban J connectivity index is 2.16. The maximum absolute atomic E-state index is 12.1. The molecule has 1 unspecified atom stereocenters. The summed E-state index contributed by atoms with van der Waals surface area (Å²) in [6.07, 6.45) is 0.647. The maximum Gasteiger partial charge on any atom is 0.407 e. The highest BCUT2D eigenvalue weighted by molar-refractivity contribution is 6.20. The van der Waals surface area contributed by atoms with Crippen molar-refractivity contribution >= 4 is 23.9 Å². The van der Waals surface area contributed by atoms with Crippen LogP contribution in [-0.2, 0) is 14.3 Å². The summed E-state index contributed by atoms with van der Waals surface area (Å²) in [6.45, 7) is 5.15. The Bertz CT molecular complexity index is 488. The summed E-state index contributed by atoms with van der Waals surface area (Å²) in [5.41, 5.74) is -2.12. The zero-order valence-electron chi connectivity index (χ0n) is 12.2. The number of urea groups is 1. The molecule has 1 aliphatic carbocycles. The molecule has 8 heteroatoms. The smallest absolute Gasteiger partial charge is 0.407 e. The van der Waals surface area contributed by atoms with Crippen molar-refractivity contribution in [3.63, 3.8) is 0 Å². The molecule has 1 saturated carbocycles. The molecule has 3 N–H and O–H groups in total. The second-order valence-corrected chi connectivity index (χ2v) is 6.30. The highest BCUT2D eigenvalue weighted by Gasteiger charge is 2.58. The van der Waals surface area contributed by atoms with Crippen LogP contribution in [0, 0.1) is 5.41 Å². The van der Waals surface area contributed by atoms with Gasteiger partial charge in [0, 0.05) is 0 Å². The van der Waals surface area contributed by atoms with Gasteiger partial charge < -0.3 is 10.1 Å². The largest absolute Gasteiger partial charge is 0.444 e. The van der Waals surface area contributed by atoms with Crippen LogP contribution in [0.25, 0.3) is 0 Å². The molecular formula is C13H19N3O5. The van der Waals surface area contributed by atoms with Gasteiger partial charge in [-0.15, -0.1) is 0 Å². The third kappa shape index (κ3) is 2.84. The molecule has 0 aromatic heterocycles. The quantitative estimate of drug-likeness (QED) is 0.607. The Kier molecular flexibility index (Phi) is 3.65. The van der Waals surface area contributed by atoms with Gasteiger partial charge in [0.05, 0.1) is 6.04 Å². The summed E-state index contributed by atoms with van der Waals surface area (Å²) in [5, 5.41) is 6.76. The van der Waals surface area contributed by atoms with Gasteiger partial charge >= 0.3 is 12.1 Å². The number of amides is 5. The highest BCUT2D eigenvalue weighted by Crippen LogP contribution is 2.40. The maximum atomic E-state index is 12.1. The Morgan fingerprint density at radius 3 is 2.33 bits per heavy atom. The van der Waals surface area contributed by atoms with Crippen molar-refractivity contribution in [2.24, 2.45) is 5.41 Å². The number of nitrogens with one attached hydrogen (secondary N) is 3. The van der Waals surface area contributed by atoms with Crippen molar-refractivity contribution in [1.82, 2.24) is 16.0 Å². The van der Waals surface area contributed by atoms with E-state index in [-0.39, 0.29) is 6.42 Å². The molecular weight excluding hydrogens is 278 g/mol. The predicted molar refractivity (Wildman–Crippen MR) is 71.1 cm³/mol. The Morgan fingerprint density at radius 2 is 1.81 bits per heavy atom. The summed E-state index contributed by atoms with van der Waals surface area (Å²) in [7, 11) is 0. The molecule has 0 radical (unpaired) electrons. The summed E-state index contributed by atoms with van der Waals surface area (Å²) < 4.78 is 5.14. The Labute approximate surface area is 122 Å². The van der Waals surface area contributed by atoms with E-state index < -0.39 is 41.0 Å². The van der Waals surface area contributed by atoms with Gasteiger partial charge in [0.2, 0.25) is 11.8 Å². The van der Waals surface area contributed by atoms with Crippen LogP contribution >= 0.6 is 0 Å². The average Bonchev–Trinajstić information content (AvgIpc) is 2.68. The summed E-state index contributed by atoms with van der Waals surface area (Å²) in [5.74, 6) is -1.34. The minimum atomic E-state index is -1.44. The van der Waals surface area contributed by atoms with E-state index in [1.165, 1.54) is 0 Å². The first kappa shape index (κ1) is 15.3. The number of hydrogen-bond acceptors (Lipinski definition) is 5.